The van der Waals surface area contributed by atoms with E-state index in [1.54, 1.807) is 21.0 Å². The summed E-state index contributed by atoms with van der Waals surface area (Å²) < 4.78 is 29.1. The van der Waals surface area contributed by atoms with E-state index in [9.17, 15) is 8.42 Å². The van der Waals surface area contributed by atoms with Gasteiger partial charge in [-0.05, 0) is 44.0 Å². The summed E-state index contributed by atoms with van der Waals surface area (Å²) in [6.07, 6.45) is 1.44. The fourth-order valence-electron chi connectivity index (χ4n) is 3.64. The van der Waals surface area contributed by atoms with E-state index < -0.39 is 10.0 Å². The van der Waals surface area contributed by atoms with Crippen molar-refractivity contribution in [1.29, 1.82) is 0 Å². The normalized spacial score (nSPS) is 16.8. The van der Waals surface area contributed by atoms with Crippen LogP contribution in [0.1, 0.15) is 45.0 Å². The Morgan fingerprint density at radius 1 is 1.00 bits per heavy atom. The first kappa shape index (κ1) is 20.7. The van der Waals surface area contributed by atoms with Crippen LogP contribution < -0.4 is 5.32 Å². The first-order valence-corrected chi connectivity index (χ1v) is 11.6. The highest BCUT2D eigenvalue weighted by Gasteiger charge is 2.29. The van der Waals surface area contributed by atoms with Gasteiger partial charge in [-0.25, -0.2) is 8.42 Å². The molecule has 0 unspecified atom stereocenters. The van der Waals surface area contributed by atoms with Crippen LogP contribution in [0.5, 0.6) is 0 Å². The number of hydrogen-bond donors (Lipinski definition) is 1. The zero-order chi connectivity index (χ0) is 21.5. The fraction of sp³-hybridized carbons (Fsp3) is 0.476. The standard InChI is InChI=1S/C21H28N6O2S/c1-15-5-7-17(8-6-15)30(28,29)26-13-11-16(12-14-26)22-18-9-10-19-23-24-20(21(2,3)4)27(19)25-18/h5-10,16H,11-14H2,1-4H3,(H,22,25). The Labute approximate surface area is 177 Å². The zero-order valence-electron chi connectivity index (χ0n) is 17.8. The van der Waals surface area contributed by atoms with Crippen LogP contribution in [0.4, 0.5) is 5.82 Å². The van der Waals surface area contributed by atoms with Gasteiger partial charge in [0.1, 0.15) is 5.82 Å². The average molecular weight is 429 g/mol. The van der Waals surface area contributed by atoms with E-state index in [4.69, 9.17) is 0 Å². The highest BCUT2D eigenvalue weighted by Crippen LogP contribution is 2.24. The van der Waals surface area contributed by atoms with Crippen molar-refractivity contribution >= 4 is 21.5 Å². The van der Waals surface area contributed by atoms with Gasteiger partial charge >= 0.3 is 0 Å². The van der Waals surface area contributed by atoms with Crippen LogP contribution in [0, 0.1) is 6.92 Å². The molecule has 8 nitrogen and oxygen atoms in total. The monoisotopic (exact) mass is 428 g/mol. The molecule has 0 radical (unpaired) electrons. The lowest BCUT2D eigenvalue weighted by Crippen LogP contribution is -2.42. The van der Waals surface area contributed by atoms with Gasteiger partial charge in [0.2, 0.25) is 10.0 Å². The lowest BCUT2D eigenvalue weighted by atomic mass is 9.96. The van der Waals surface area contributed by atoms with E-state index in [-0.39, 0.29) is 11.5 Å². The Hall–Kier alpha value is -2.52. The predicted molar refractivity (Wildman–Crippen MR) is 116 cm³/mol. The predicted octanol–water partition coefficient (Wildman–Crippen LogP) is 3.00. The van der Waals surface area contributed by atoms with Crippen molar-refractivity contribution < 1.29 is 8.42 Å². The molecule has 0 spiro atoms. The number of sulfonamides is 1. The molecule has 0 amide bonds. The van der Waals surface area contributed by atoms with Gasteiger partial charge < -0.3 is 5.32 Å². The lowest BCUT2D eigenvalue weighted by Gasteiger charge is -2.31. The second-order valence-electron chi connectivity index (χ2n) is 8.90. The summed E-state index contributed by atoms with van der Waals surface area (Å²) in [5.74, 6) is 1.55. The molecule has 3 aromatic rings. The number of fused-ring (bicyclic) bond motifs is 1. The van der Waals surface area contributed by atoms with Crippen LogP contribution in [0.3, 0.4) is 0 Å². The highest BCUT2D eigenvalue weighted by molar-refractivity contribution is 7.89. The highest BCUT2D eigenvalue weighted by atomic mass is 32.2. The van der Waals surface area contributed by atoms with E-state index in [0.29, 0.717) is 23.6 Å². The molecule has 3 heterocycles. The van der Waals surface area contributed by atoms with Gasteiger partial charge in [0.25, 0.3) is 0 Å². The fourth-order valence-corrected chi connectivity index (χ4v) is 5.11. The maximum absolute atomic E-state index is 12.9. The summed E-state index contributed by atoms with van der Waals surface area (Å²) >= 11 is 0. The van der Waals surface area contributed by atoms with E-state index in [1.165, 1.54) is 0 Å². The third-order valence-corrected chi connectivity index (χ3v) is 7.31. The molecule has 0 saturated carbocycles. The molecule has 0 bridgehead atoms. The summed E-state index contributed by atoms with van der Waals surface area (Å²) in [6.45, 7) is 9.15. The third-order valence-electron chi connectivity index (χ3n) is 5.40. The van der Waals surface area contributed by atoms with Crippen molar-refractivity contribution in [1.82, 2.24) is 24.1 Å². The van der Waals surface area contributed by atoms with Crippen molar-refractivity contribution in [2.45, 2.75) is 56.9 Å². The van der Waals surface area contributed by atoms with Crippen LogP contribution in [0.2, 0.25) is 0 Å². The van der Waals surface area contributed by atoms with Crippen LogP contribution in [-0.4, -0.2) is 51.7 Å². The topological polar surface area (TPSA) is 92.5 Å². The summed E-state index contributed by atoms with van der Waals surface area (Å²) in [5.41, 5.74) is 1.59. The SMILES string of the molecule is Cc1ccc(S(=O)(=O)N2CCC(Nc3ccc4nnc(C(C)(C)C)n4n3)CC2)cc1. The number of aromatic nitrogens is 4. The Morgan fingerprint density at radius 3 is 2.30 bits per heavy atom. The molecule has 160 valence electrons. The second kappa shape index (κ2) is 7.63. The van der Waals surface area contributed by atoms with Crippen molar-refractivity contribution in [2.75, 3.05) is 18.4 Å². The van der Waals surface area contributed by atoms with Crippen molar-refractivity contribution in [3.63, 3.8) is 0 Å². The summed E-state index contributed by atoms with van der Waals surface area (Å²) in [4.78, 5) is 0.356. The molecule has 2 aromatic heterocycles. The Kier molecular flexibility index (Phi) is 5.27. The molecule has 1 saturated heterocycles. The Morgan fingerprint density at radius 2 is 1.67 bits per heavy atom. The first-order chi connectivity index (χ1) is 14.1. The number of benzene rings is 1. The van der Waals surface area contributed by atoms with Gasteiger partial charge in [-0.3, -0.25) is 0 Å². The molecule has 1 aliphatic heterocycles. The molecule has 1 aromatic carbocycles. The minimum absolute atomic E-state index is 0.161. The smallest absolute Gasteiger partial charge is 0.243 e. The second-order valence-corrected chi connectivity index (χ2v) is 10.8. The van der Waals surface area contributed by atoms with Gasteiger partial charge in [-0.2, -0.15) is 8.82 Å². The molecule has 0 atom stereocenters. The maximum Gasteiger partial charge on any atom is 0.243 e. The molecule has 1 fully saturated rings. The van der Waals surface area contributed by atoms with E-state index in [1.807, 2.05) is 31.2 Å². The van der Waals surface area contributed by atoms with Gasteiger partial charge in [-0.15, -0.1) is 15.3 Å². The molecule has 4 rings (SSSR count). The van der Waals surface area contributed by atoms with Crippen molar-refractivity contribution in [3.05, 3.63) is 47.8 Å². The van der Waals surface area contributed by atoms with Crippen LogP contribution in [-0.2, 0) is 15.4 Å². The molecular weight excluding hydrogens is 400 g/mol. The molecule has 1 aliphatic rings. The summed E-state index contributed by atoms with van der Waals surface area (Å²) in [6, 6.07) is 11.0. The van der Waals surface area contributed by atoms with Gasteiger partial charge in [-0.1, -0.05) is 38.5 Å². The molecule has 0 aliphatic carbocycles. The third kappa shape index (κ3) is 4.04. The Balaban J connectivity index is 1.44. The van der Waals surface area contributed by atoms with E-state index >= 15 is 0 Å². The van der Waals surface area contributed by atoms with E-state index in [2.05, 4.69) is 41.4 Å². The molecule has 9 heteroatoms. The minimum atomic E-state index is -3.45. The van der Waals surface area contributed by atoms with E-state index in [0.717, 1.165) is 30.0 Å². The summed E-state index contributed by atoms with van der Waals surface area (Å²) in [5, 5.41) is 16.6. The molecular formula is C21H28N6O2S. The zero-order valence-corrected chi connectivity index (χ0v) is 18.6. The molecule has 1 N–H and O–H groups in total. The quantitative estimate of drug-likeness (QED) is 0.687. The van der Waals surface area contributed by atoms with Gasteiger partial charge in [0.15, 0.2) is 11.5 Å². The van der Waals surface area contributed by atoms with Crippen LogP contribution >= 0.6 is 0 Å². The minimum Gasteiger partial charge on any atom is -0.366 e. The number of piperidine rings is 1. The average Bonchev–Trinajstić information content (AvgIpc) is 3.12. The van der Waals surface area contributed by atoms with Crippen molar-refractivity contribution in [2.24, 2.45) is 0 Å². The van der Waals surface area contributed by atoms with Crippen molar-refractivity contribution in [3.8, 4) is 0 Å². The van der Waals surface area contributed by atoms with Crippen LogP contribution in [0.25, 0.3) is 5.65 Å². The lowest BCUT2D eigenvalue weighted by molar-refractivity contribution is 0.329. The number of rotatable bonds is 4. The number of hydrogen-bond acceptors (Lipinski definition) is 6. The number of aryl methyl sites for hydroxylation is 1. The first-order valence-electron chi connectivity index (χ1n) is 10.2. The number of nitrogens with one attached hydrogen (secondary N) is 1. The number of anilines is 1. The van der Waals surface area contributed by atoms with Crippen LogP contribution in [0.15, 0.2) is 41.3 Å². The summed E-state index contributed by atoms with van der Waals surface area (Å²) in [7, 11) is -3.45. The molecule has 30 heavy (non-hydrogen) atoms. The largest absolute Gasteiger partial charge is 0.366 e. The number of nitrogens with zero attached hydrogens (tertiary/aromatic N) is 5. The van der Waals surface area contributed by atoms with Gasteiger partial charge in [0.05, 0.1) is 4.90 Å². The maximum atomic E-state index is 12.9. The Bertz CT molecular complexity index is 1140. The van der Waals surface area contributed by atoms with Gasteiger partial charge in [0, 0.05) is 24.5 Å².